The van der Waals surface area contributed by atoms with Crippen LogP contribution in [-0.4, -0.2) is 53.2 Å². The van der Waals surface area contributed by atoms with Crippen LogP contribution in [0.15, 0.2) is 42.6 Å². The maximum absolute atomic E-state index is 11.6. The SMILES string of the molecule is CNC(=O)Cc1cc2nc(-c3cccc(N4CC(C)OC(C)C4)n3)ccc2cn1. The number of fused-ring (bicyclic) bond motifs is 1. The summed E-state index contributed by atoms with van der Waals surface area (Å²) in [6.45, 7) is 5.81. The first-order chi connectivity index (χ1) is 14.0. The Bertz CT molecular complexity index is 1030. The number of pyridine rings is 3. The van der Waals surface area contributed by atoms with E-state index in [0.717, 1.165) is 41.2 Å². The highest BCUT2D eigenvalue weighted by molar-refractivity contribution is 5.83. The quantitative estimate of drug-likeness (QED) is 0.736. The number of carbonyl (C=O) groups is 1. The fraction of sp³-hybridized carbons (Fsp3) is 0.364. The summed E-state index contributed by atoms with van der Waals surface area (Å²) in [5, 5.41) is 3.55. The van der Waals surface area contributed by atoms with Gasteiger partial charge in [0.05, 0.1) is 41.2 Å². The van der Waals surface area contributed by atoms with E-state index < -0.39 is 0 Å². The van der Waals surface area contributed by atoms with Crippen LogP contribution in [-0.2, 0) is 16.0 Å². The average Bonchev–Trinajstić information content (AvgIpc) is 2.72. The molecule has 2 unspecified atom stereocenters. The monoisotopic (exact) mass is 391 g/mol. The van der Waals surface area contributed by atoms with Crippen LogP contribution in [0, 0.1) is 0 Å². The van der Waals surface area contributed by atoms with Gasteiger partial charge in [-0.05, 0) is 44.2 Å². The van der Waals surface area contributed by atoms with Gasteiger partial charge >= 0.3 is 0 Å². The number of nitrogens with one attached hydrogen (secondary N) is 1. The van der Waals surface area contributed by atoms with Gasteiger partial charge in [0, 0.05) is 31.7 Å². The number of anilines is 1. The molecule has 1 fully saturated rings. The predicted molar refractivity (Wildman–Crippen MR) is 113 cm³/mol. The summed E-state index contributed by atoms with van der Waals surface area (Å²) < 4.78 is 5.83. The fourth-order valence-electron chi connectivity index (χ4n) is 3.66. The smallest absolute Gasteiger partial charge is 0.225 e. The summed E-state index contributed by atoms with van der Waals surface area (Å²) >= 11 is 0. The standard InChI is InChI=1S/C22H25N5O2/c1-14-12-27(13-15(2)29-14)21-6-4-5-18(26-21)19-8-7-16-11-24-17(9-20(16)25-19)10-22(28)23-3/h4-9,11,14-15H,10,12-13H2,1-3H3,(H,23,28). The molecule has 0 bridgehead atoms. The van der Waals surface area contributed by atoms with Crippen LogP contribution >= 0.6 is 0 Å². The number of carbonyl (C=O) groups excluding carboxylic acids is 1. The molecule has 0 radical (unpaired) electrons. The second kappa shape index (κ2) is 8.13. The third-order valence-corrected chi connectivity index (χ3v) is 4.99. The van der Waals surface area contributed by atoms with E-state index in [4.69, 9.17) is 14.7 Å². The van der Waals surface area contributed by atoms with Crippen LogP contribution in [0.5, 0.6) is 0 Å². The number of hydrogen-bond acceptors (Lipinski definition) is 6. The lowest BCUT2D eigenvalue weighted by Crippen LogP contribution is -2.45. The summed E-state index contributed by atoms with van der Waals surface area (Å²) in [6.07, 6.45) is 2.34. The van der Waals surface area contributed by atoms with E-state index in [1.807, 2.05) is 36.4 Å². The minimum Gasteiger partial charge on any atom is -0.372 e. The third-order valence-electron chi connectivity index (χ3n) is 4.99. The molecule has 29 heavy (non-hydrogen) atoms. The molecule has 150 valence electrons. The van der Waals surface area contributed by atoms with Gasteiger partial charge in [0.2, 0.25) is 5.91 Å². The van der Waals surface area contributed by atoms with Crippen molar-refractivity contribution < 1.29 is 9.53 Å². The molecule has 3 aromatic rings. The van der Waals surface area contributed by atoms with E-state index in [9.17, 15) is 4.79 Å². The second-order valence-corrected chi connectivity index (χ2v) is 7.46. The number of likely N-dealkylation sites (N-methyl/N-ethyl adjacent to an activating group) is 1. The van der Waals surface area contributed by atoms with Gasteiger partial charge in [0.25, 0.3) is 0 Å². The Balaban J connectivity index is 1.64. The number of aromatic nitrogens is 3. The normalized spacial score (nSPS) is 19.3. The predicted octanol–water partition coefficient (Wildman–Crippen LogP) is 2.59. The van der Waals surface area contributed by atoms with Crippen LogP contribution in [0.2, 0.25) is 0 Å². The van der Waals surface area contributed by atoms with E-state index >= 15 is 0 Å². The van der Waals surface area contributed by atoms with E-state index in [1.54, 1.807) is 13.2 Å². The van der Waals surface area contributed by atoms with Crippen LogP contribution in [0.4, 0.5) is 5.82 Å². The Morgan fingerprint density at radius 3 is 2.66 bits per heavy atom. The molecule has 1 N–H and O–H groups in total. The molecule has 4 rings (SSSR count). The topological polar surface area (TPSA) is 80.2 Å². The van der Waals surface area contributed by atoms with Crippen molar-refractivity contribution >= 4 is 22.6 Å². The van der Waals surface area contributed by atoms with Crippen molar-refractivity contribution in [1.29, 1.82) is 0 Å². The summed E-state index contributed by atoms with van der Waals surface area (Å²) in [6, 6.07) is 11.8. The molecule has 4 heterocycles. The molecule has 1 saturated heterocycles. The van der Waals surface area contributed by atoms with Crippen molar-refractivity contribution in [3.8, 4) is 11.4 Å². The zero-order valence-corrected chi connectivity index (χ0v) is 16.9. The number of rotatable bonds is 4. The van der Waals surface area contributed by atoms with Crippen molar-refractivity contribution in [2.75, 3.05) is 25.0 Å². The van der Waals surface area contributed by atoms with Gasteiger partial charge in [-0.2, -0.15) is 0 Å². The van der Waals surface area contributed by atoms with Crippen LogP contribution < -0.4 is 10.2 Å². The number of morpholine rings is 1. The number of ether oxygens (including phenoxy) is 1. The molecular weight excluding hydrogens is 366 g/mol. The molecule has 7 nitrogen and oxygen atoms in total. The summed E-state index contributed by atoms with van der Waals surface area (Å²) in [5.74, 6) is 0.859. The van der Waals surface area contributed by atoms with Crippen molar-refractivity contribution in [3.05, 3.63) is 48.3 Å². The Hall–Kier alpha value is -3.06. The first-order valence-corrected chi connectivity index (χ1v) is 9.86. The lowest BCUT2D eigenvalue weighted by molar-refractivity contribution is -0.120. The second-order valence-electron chi connectivity index (χ2n) is 7.46. The summed E-state index contributed by atoms with van der Waals surface area (Å²) in [5.41, 5.74) is 3.11. The van der Waals surface area contributed by atoms with Crippen molar-refractivity contribution in [2.45, 2.75) is 32.5 Å². The van der Waals surface area contributed by atoms with Gasteiger partial charge in [-0.3, -0.25) is 9.78 Å². The molecular formula is C22H25N5O2. The highest BCUT2D eigenvalue weighted by Gasteiger charge is 2.23. The van der Waals surface area contributed by atoms with Gasteiger partial charge in [-0.15, -0.1) is 0 Å². The molecule has 0 saturated carbocycles. The summed E-state index contributed by atoms with van der Waals surface area (Å²) in [4.78, 5) is 27.9. The lowest BCUT2D eigenvalue weighted by atomic mass is 10.1. The van der Waals surface area contributed by atoms with Crippen LogP contribution in [0.25, 0.3) is 22.3 Å². The zero-order valence-electron chi connectivity index (χ0n) is 16.9. The maximum atomic E-state index is 11.6. The number of hydrogen-bond donors (Lipinski definition) is 1. The van der Waals surface area contributed by atoms with Crippen molar-refractivity contribution in [1.82, 2.24) is 20.3 Å². The van der Waals surface area contributed by atoms with E-state index in [-0.39, 0.29) is 24.5 Å². The van der Waals surface area contributed by atoms with Crippen LogP contribution in [0.3, 0.4) is 0 Å². The Labute approximate surface area is 170 Å². The maximum Gasteiger partial charge on any atom is 0.225 e. The molecule has 0 aliphatic carbocycles. The van der Waals surface area contributed by atoms with Crippen molar-refractivity contribution in [2.24, 2.45) is 0 Å². The van der Waals surface area contributed by atoms with E-state index in [0.29, 0.717) is 5.69 Å². The molecule has 1 aliphatic rings. The highest BCUT2D eigenvalue weighted by atomic mass is 16.5. The lowest BCUT2D eigenvalue weighted by Gasteiger charge is -2.36. The zero-order chi connectivity index (χ0) is 20.4. The molecule has 1 amide bonds. The van der Waals surface area contributed by atoms with E-state index in [2.05, 4.69) is 29.0 Å². The molecule has 1 aliphatic heterocycles. The van der Waals surface area contributed by atoms with Gasteiger partial charge in [-0.25, -0.2) is 9.97 Å². The average molecular weight is 391 g/mol. The first-order valence-electron chi connectivity index (χ1n) is 9.86. The fourth-order valence-corrected chi connectivity index (χ4v) is 3.66. The van der Waals surface area contributed by atoms with Gasteiger partial charge in [0.15, 0.2) is 0 Å². The minimum absolute atomic E-state index is 0.0728. The largest absolute Gasteiger partial charge is 0.372 e. The Morgan fingerprint density at radius 1 is 1.14 bits per heavy atom. The Morgan fingerprint density at radius 2 is 1.90 bits per heavy atom. The van der Waals surface area contributed by atoms with Crippen LogP contribution in [0.1, 0.15) is 19.5 Å². The number of amides is 1. The summed E-state index contributed by atoms with van der Waals surface area (Å²) in [7, 11) is 1.62. The molecule has 3 aromatic heterocycles. The highest BCUT2D eigenvalue weighted by Crippen LogP contribution is 2.24. The Kier molecular flexibility index (Phi) is 5.40. The van der Waals surface area contributed by atoms with E-state index in [1.165, 1.54) is 0 Å². The number of nitrogens with zero attached hydrogens (tertiary/aromatic N) is 4. The van der Waals surface area contributed by atoms with Crippen molar-refractivity contribution in [3.63, 3.8) is 0 Å². The first kappa shape index (κ1) is 19.3. The molecule has 0 spiro atoms. The van der Waals surface area contributed by atoms with Gasteiger partial charge < -0.3 is 15.0 Å². The molecule has 2 atom stereocenters. The minimum atomic E-state index is -0.0728. The van der Waals surface area contributed by atoms with Gasteiger partial charge in [0.1, 0.15) is 5.82 Å². The van der Waals surface area contributed by atoms with Gasteiger partial charge in [-0.1, -0.05) is 6.07 Å². The molecule has 7 heteroatoms. The third kappa shape index (κ3) is 4.35. The molecule has 0 aromatic carbocycles.